The van der Waals surface area contributed by atoms with Crippen LogP contribution in [-0.2, 0) is 0 Å². The summed E-state index contributed by atoms with van der Waals surface area (Å²) >= 11 is 1.55. The van der Waals surface area contributed by atoms with Crippen molar-refractivity contribution >= 4 is 39.7 Å². The fourth-order valence-electron chi connectivity index (χ4n) is 2.09. The molecule has 0 saturated heterocycles. The maximum atomic E-state index is 12.4. The normalized spacial score (nSPS) is 10.5. The number of rotatable bonds is 2. The minimum Gasteiger partial charge on any atom is -1.00 e. The first-order valence-corrected chi connectivity index (χ1v) is 7.10. The molecule has 102 valence electrons. The molecule has 1 aromatic heterocycles. The van der Waals surface area contributed by atoms with Crippen LogP contribution in [0.25, 0.3) is 21.9 Å². The second kappa shape index (κ2) is 6.23. The van der Waals surface area contributed by atoms with Gasteiger partial charge >= 0.3 is 35.5 Å². The fraction of sp³-hybridized carbons (Fsp3) is 0.0667. The Morgan fingerprint density at radius 1 is 1.14 bits per heavy atom. The smallest absolute Gasteiger partial charge is 1.00 e. The van der Waals surface area contributed by atoms with Crippen molar-refractivity contribution in [3.05, 3.63) is 52.2 Å². The van der Waals surface area contributed by atoms with E-state index in [9.17, 15) is 9.59 Å². The van der Waals surface area contributed by atoms with Crippen LogP contribution in [0.4, 0.5) is 0 Å². The van der Waals surface area contributed by atoms with Gasteiger partial charge in [-0.15, -0.1) is 11.8 Å². The SMILES string of the molecule is CSc1ccc2oc3cc(C(=O)O)ccc3c(=O)c2c1.[H-].[Na+]. The molecule has 0 amide bonds. The van der Waals surface area contributed by atoms with Crippen LogP contribution in [0.2, 0.25) is 0 Å². The van der Waals surface area contributed by atoms with Gasteiger partial charge in [-0.05, 0) is 42.7 Å². The van der Waals surface area contributed by atoms with E-state index in [0.29, 0.717) is 21.9 Å². The topological polar surface area (TPSA) is 67.5 Å². The Morgan fingerprint density at radius 2 is 1.90 bits per heavy atom. The molecule has 0 unspecified atom stereocenters. The molecule has 0 aliphatic heterocycles. The monoisotopic (exact) mass is 310 g/mol. The van der Waals surface area contributed by atoms with E-state index < -0.39 is 5.97 Å². The first-order chi connectivity index (χ1) is 9.60. The van der Waals surface area contributed by atoms with E-state index in [2.05, 4.69) is 0 Å². The maximum absolute atomic E-state index is 12.4. The van der Waals surface area contributed by atoms with Gasteiger partial charge in [0.1, 0.15) is 11.2 Å². The van der Waals surface area contributed by atoms with Gasteiger partial charge in [0.25, 0.3) is 0 Å². The van der Waals surface area contributed by atoms with Gasteiger partial charge in [-0.25, -0.2) is 4.79 Å². The molecule has 0 bridgehead atoms. The quantitative estimate of drug-likeness (QED) is 0.424. The number of carboxylic acids is 1. The zero-order valence-electron chi connectivity index (χ0n) is 12.5. The Balaban J connectivity index is 0.00000121. The average Bonchev–Trinajstić information content (AvgIpc) is 2.46. The Kier molecular flexibility index (Phi) is 4.78. The van der Waals surface area contributed by atoms with Gasteiger partial charge in [-0.1, -0.05) is 0 Å². The van der Waals surface area contributed by atoms with Gasteiger partial charge < -0.3 is 11.0 Å². The molecular weight excluding hydrogens is 299 g/mol. The molecule has 6 heteroatoms. The van der Waals surface area contributed by atoms with E-state index in [1.165, 1.54) is 18.2 Å². The van der Waals surface area contributed by atoms with Crippen LogP contribution in [0, 0.1) is 0 Å². The third-order valence-electron chi connectivity index (χ3n) is 3.12. The fourth-order valence-corrected chi connectivity index (χ4v) is 2.53. The summed E-state index contributed by atoms with van der Waals surface area (Å²) in [5.41, 5.74) is 0.706. The third kappa shape index (κ3) is 2.87. The average molecular weight is 310 g/mol. The van der Waals surface area contributed by atoms with Crippen molar-refractivity contribution in [2.75, 3.05) is 6.26 Å². The zero-order valence-corrected chi connectivity index (χ0v) is 14.4. The predicted octanol–water partition coefficient (Wildman–Crippen LogP) is 0.483. The second-order valence-corrected chi connectivity index (χ2v) is 5.19. The van der Waals surface area contributed by atoms with Gasteiger partial charge in [0, 0.05) is 4.90 Å². The maximum Gasteiger partial charge on any atom is 1.00 e. The number of aromatic carboxylic acids is 1. The van der Waals surface area contributed by atoms with Crippen molar-refractivity contribution in [2.24, 2.45) is 0 Å². The number of carbonyl (C=O) groups is 1. The molecule has 0 aliphatic rings. The number of fused-ring (bicyclic) bond motifs is 2. The molecule has 3 rings (SSSR count). The van der Waals surface area contributed by atoms with Crippen LogP contribution in [0.5, 0.6) is 0 Å². The third-order valence-corrected chi connectivity index (χ3v) is 3.85. The molecule has 3 aromatic rings. The van der Waals surface area contributed by atoms with Gasteiger partial charge in [0.15, 0.2) is 0 Å². The van der Waals surface area contributed by atoms with Gasteiger partial charge in [-0.2, -0.15) is 0 Å². The Hall–Kier alpha value is -1.27. The molecule has 4 nitrogen and oxygen atoms in total. The number of hydrogen-bond acceptors (Lipinski definition) is 4. The minimum absolute atomic E-state index is 0. The van der Waals surface area contributed by atoms with Crippen LogP contribution in [-0.4, -0.2) is 17.3 Å². The van der Waals surface area contributed by atoms with Crippen LogP contribution in [0.3, 0.4) is 0 Å². The van der Waals surface area contributed by atoms with Gasteiger partial charge in [-0.3, -0.25) is 4.79 Å². The Bertz CT molecular complexity index is 907. The zero-order chi connectivity index (χ0) is 14.3. The van der Waals surface area contributed by atoms with E-state index in [1.54, 1.807) is 23.9 Å². The van der Waals surface area contributed by atoms with Crippen LogP contribution < -0.4 is 35.0 Å². The van der Waals surface area contributed by atoms with Crippen molar-refractivity contribution in [1.82, 2.24) is 0 Å². The van der Waals surface area contributed by atoms with E-state index in [-0.39, 0.29) is 42.0 Å². The van der Waals surface area contributed by atoms with E-state index >= 15 is 0 Å². The van der Waals surface area contributed by atoms with Crippen molar-refractivity contribution in [2.45, 2.75) is 4.90 Å². The predicted molar refractivity (Wildman–Crippen MR) is 79.8 cm³/mol. The molecular formula is C15H11NaO4S. The van der Waals surface area contributed by atoms with Crippen molar-refractivity contribution in [3.8, 4) is 0 Å². The van der Waals surface area contributed by atoms with Crippen molar-refractivity contribution in [1.29, 1.82) is 0 Å². The van der Waals surface area contributed by atoms with Crippen LogP contribution in [0.1, 0.15) is 11.8 Å². The molecule has 1 N–H and O–H groups in total. The Morgan fingerprint density at radius 3 is 2.57 bits per heavy atom. The minimum atomic E-state index is -1.05. The summed E-state index contributed by atoms with van der Waals surface area (Å²) in [6.07, 6.45) is 1.93. The number of thioether (sulfide) groups is 1. The summed E-state index contributed by atoms with van der Waals surface area (Å²) in [6.45, 7) is 0. The van der Waals surface area contributed by atoms with Crippen LogP contribution >= 0.6 is 11.8 Å². The molecule has 0 atom stereocenters. The summed E-state index contributed by atoms with van der Waals surface area (Å²) in [7, 11) is 0. The molecule has 0 fully saturated rings. The first-order valence-electron chi connectivity index (χ1n) is 5.88. The largest absolute Gasteiger partial charge is 1.00 e. The summed E-state index contributed by atoms with van der Waals surface area (Å²) in [4.78, 5) is 24.4. The molecule has 21 heavy (non-hydrogen) atoms. The van der Waals surface area contributed by atoms with Gasteiger partial charge in [0.2, 0.25) is 5.43 Å². The number of carboxylic acid groups (broad SMARTS) is 1. The van der Waals surface area contributed by atoms with Gasteiger partial charge in [0.05, 0.1) is 16.3 Å². The first kappa shape index (κ1) is 16.1. The number of benzene rings is 2. The molecule has 2 aromatic carbocycles. The second-order valence-electron chi connectivity index (χ2n) is 4.31. The van der Waals surface area contributed by atoms with E-state index in [0.717, 1.165) is 4.90 Å². The van der Waals surface area contributed by atoms with Crippen LogP contribution in [0.15, 0.2) is 50.5 Å². The summed E-state index contributed by atoms with van der Waals surface area (Å²) in [6, 6.07) is 9.66. The summed E-state index contributed by atoms with van der Waals surface area (Å²) in [5, 5.41) is 9.87. The van der Waals surface area contributed by atoms with Crippen molar-refractivity contribution < 1.29 is 45.3 Å². The van der Waals surface area contributed by atoms with Crippen molar-refractivity contribution in [3.63, 3.8) is 0 Å². The summed E-state index contributed by atoms with van der Waals surface area (Å²) in [5.74, 6) is -1.05. The summed E-state index contributed by atoms with van der Waals surface area (Å²) < 4.78 is 5.64. The van der Waals surface area contributed by atoms with E-state index in [1.807, 2.05) is 12.3 Å². The Labute approximate surface area is 147 Å². The standard InChI is InChI=1S/C15H10O4S.Na.H/c1-20-9-3-5-12-11(7-9)14(16)10-4-2-8(15(17)18)6-13(10)19-12;;/h2-7H,1H3,(H,17,18);;/q;+1;-1. The molecule has 0 spiro atoms. The number of hydrogen-bond donors (Lipinski definition) is 1. The molecule has 0 saturated carbocycles. The molecule has 1 heterocycles. The molecule has 0 radical (unpaired) electrons. The molecule has 0 aliphatic carbocycles. The van der Waals surface area contributed by atoms with E-state index in [4.69, 9.17) is 9.52 Å².